The van der Waals surface area contributed by atoms with Gasteiger partial charge in [0.1, 0.15) is 17.6 Å². The quantitative estimate of drug-likeness (QED) is 0.0625. The van der Waals surface area contributed by atoms with Crippen molar-refractivity contribution in [1.82, 2.24) is 0 Å². The van der Waals surface area contributed by atoms with Gasteiger partial charge in [-0.1, -0.05) is 57.3 Å². The minimum atomic E-state index is -1.26. The highest BCUT2D eigenvalue weighted by Crippen LogP contribution is 2.69. The molecule has 71 heavy (non-hydrogen) atoms. The molecule has 11 heteroatoms. The lowest BCUT2D eigenvalue weighted by Crippen LogP contribution is -2.62. The van der Waals surface area contributed by atoms with Gasteiger partial charge in [0.2, 0.25) is 0 Å². The van der Waals surface area contributed by atoms with Crippen molar-refractivity contribution < 1.29 is 43.2 Å². The molecule has 4 saturated carbocycles. The molecular weight excluding hydrogens is 936 g/mol. The van der Waals surface area contributed by atoms with E-state index in [1.807, 2.05) is 0 Å². The van der Waals surface area contributed by atoms with Gasteiger partial charge in [-0.3, -0.25) is 9.59 Å². The number of fused-ring (bicyclic) bond motifs is 5. The molecule has 4 aromatic carbocycles. The molecule has 0 aliphatic heterocycles. The zero-order chi connectivity index (χ0) is 51.0. The molecule has 4 fully saturated rings. The van der Waals surface area contributed by atoms with Crippen LogP contribution in [-0.4, -0.2) is 58.6 Å². The maximum absolute atomic E-state index is 13.8. The Balaban J connectivity index is 0.822. The van der Waals surface area contributed by atoms with Crippen molar-refractivity contribution in [3.63, 3.8) is 0 Å². The Morgan fingerprint density at radius 3 is 1.62 bits per heavy atom. The number of aliphatic hydroxyl groups excluding tert-OH is 1. The van der Waals surface area contributed by atoms with E-state index >= 15 is 0 Å². The molecule has 0 heterocycles. The van der Waals surface area contributed by atoms with Crippen molar-refractivity contribution in [1.29, 1.82) is 0 Å². The van der Waals surface area contributed by atoms with Gasteiger partial charge in [0, 0.05) is 32.3 Å². The molecule has 0 saturated heterocycles. The highest BCUT2D eigenvalue weighted by atomic mass is 35.5. The Hall–Kier alpha value is -4.70. The van der Waals surface area contributed by atoms with Gasteiger partial charge in [0.15, 0.2) is 22.8 Å². The molecule has 0 spiro atoms. The fourth-order valence-electron chi connectivity index (χ4n) is 13.8. The molecule has 4 aliphatic rings. The van der Waals surface area contributed by atoms with Crippen LogP contribution in [0.2, 0.25) is 10.0 Å². The Kier molecular flexibility index (Phi) is 15.6. The van der Waals surface area contributed by atoms with Gasteiger partial charge in [0.25, 0.3) is 0 Å². The third kappa shape index (κ3) is 10.8. The van der Waals surface area contributed by atoms with Crippen LogP contribution in [0.1, 0.15) is 151 Å². The first-order valence-corrected chi connectivity index (χ1v) is 26.7. The number of esters is 2. The first-order valence-electron chi connectivity index (χ1n) is 25.9. The van der Waals surface area contributed by atoms with Crippen molar-refractivity contribution in [2.24, 2.45) is 52.3 Å². The minimum absolute atomic E-state index is 0.0393. The lowest BCUT2D eigenvalue weighted by Gasteiger charge is -2.65. The number of hydrogen-bond donors (Lipinski definition) is 1. The second kappa shape index (κ2) is 21.0. The van der Waals surface area contributed by atoms with Gasteiger partial charge in [-0.2, -0.15) is 0 Å². The summed E-state index contributed by atoms with van der Waals surface area (Å²) in [6, 6.07) is 27.1. The Labute approximate surface area is 430 Å². The normalized spacial score (nSPS) is 28.6. The van der Waals surface area contributed by atoms with E-state index in [2.05, 4.69) is 27.7 Å². The molecule has 0 bridgehead atoms. The average Bonchev–Trinajstić information content (AvgIpc) is 3.70. The Morgan fingerprint density at radius 1 is 0.648 bits per heavy atom. The molecule has 380 valence electrons. The van der Waals surface area contributed by atoms with E-state index < -0.39 is 29.2 Å². The molecule has 8 rings (SSSR count). The highest BCUT2D eigenvalue weighted by Gasteiger charge is 2.65. The van der Waals surface area contributed by atoms with Crippen LogP contribution in [0.25, 0.3) is 0 Å². The molecule has 0 aromatic heterocycles. The molecular formula is C60H72Cl2O9. The number of halogens is 2. The summed E-state index contributed by atoms with van der Waals surface area (Å²) in [6.45, 7) is 16.7. The van der Waals surface area contributed by atoms with Gasteiger partial charge in [-0.15, -0.1) is 0 Å². The van der Waals surface area contributed by atoms with Crippen LogP contribution in [0.5, 0.6) is 11.5 Å². The number of ether oxygens (including phenoxy) is 4. The highest BCUT2D eigenvalue weighted by molar-refractivity contribution is 6.31. The summed E-state index contributed by atoms with van der Waals surface area (Å²) in [6.07, 6.45) is 8.84. The van der Waals surface area contributed by atoms with E-state index in [1.165, 1.54) is 0 Å². The predicted octanol–water partition coefficient (Wildman–Crippen LogP) is 13.6. The SMILES string of the molecule is CC[C@@H]1[C@H](O)C2C3CC[C@H]([C@H](C)CCCOC(=O)C(C)(C)Oc4ccc(C(=O)c5ccc(Cl)cc5)cc4)[C@@]3(C)CCC2[C@@]2(C)CC[C@@H](OC(=O)C(C)(C)Oc3ccc(C(=O)c4ccc(Cl)cc4)cc3)C[C@@H]12. The molecule has 9 nitrogen and oxygen atoms in total. The molecule has 3 unspecified atom stereocenters. The minimum Gasteiger partial charge on any atom is -0.476 e. The van der Waals surface area contributed by atoms with Crippen molar-refractivity contribution in [3.05, 3.63) is 129 Å². The largest absolute Gasteiger partial charge is 0.476 e. The summed E-state index contributed by atoms with van der Waals surface area (Å²) in [4.78, 5) is 53.1. The smallest absolute Gasteiger partial charge is 0.350 e. The van der Waals surface area contributed by atoms with E-state index in [1.54, 1.807) is 125 Å². The van der Waals surface area contributed by atoms with Crippen molar-refractivity contribution in [2.45, 2.75) is 143 Å². The standard InChI is InChI=1S/C60H72Cl2O9/c1-9-46-50-35-45(69-56(67)58(5,6)71-44-26-18-40(19-27-44)53(64)38-14-22-42(62)23-15-38)30-32-60(50,8)49-31-33-59(7)47(28-29-48(59)51(49)54(46)65)36(2)11-10-34-68-55(66)57(3,4)70-43-24-16-39(17-25-43)52(63)37-12-20-41(61)21-13-37/h12-27,36,45-51,54,65H,9-11,28-35H2,1-8H3/t36-,45-,46+,47-,48?,49?,50+,51?,54+,59-,60-/m1/s1. The fourth-order valence-corrected chi connectivity index (χ4v) is 14.1. The zero-order valence-electron chi connectivity index (χ0n) is 42.7. The first-order chi connectivity index (χ1) is 33.6. The number of hydrogen-bond acceptors (Lipinski definition) is 9. The number of aliphatic hydroxyl groups is 1. The van der Waals surface area contributed by atoms with Crippen LogP contribution in [0, 0.1) is 52.3 Å². The van der Waals surface area contributed by atoms with E-state index in [-0.39, 0.29) is 46.3 Å². The van der Waals surface area contributed by atoms with Gasteiger partial charge in [-0.25, -0.2) is 9.59 Å². The Bertz CT molecular complexity index is 2540. The number of ketones is 2. The number of rotatable bonds is 17. The average molecular weight is 1010 g/mol. The molecule has 4 aromatic rings. The van der Waals surface area contributed by atoms with Crippen LogP contribution in [0.3, 0.4) is 0 Å². The maximum Gasteiger partial charge on any atom is 0.350 e. The summed E-state index contributed by atoms with van der Waals surface area (Å²) >= 11 is 12.0. The van der Waals surface area contributed by atoms with Crippen LogP contribution >= 0.6 is 23.2 Å². The topological polar surface area (TPSA) is 125 Å². The second-order valence-corrected chi connectivity index (χ2v) is 23.6. The molecule has 11 atom stereocenters. The van der Waals surface area contributed by atoms with Crippen molar-refractivity contribution >= 4 is 46.7 Å². The summed E-state index contributed by atoms with van der Waals surface area (Å²) in [7, 11) is 0. The summed E-state index contributed by atoms with van der Waals surface area (Å²) < 4.78 is 24.4. The maximum atomic E-state index is 13.8. The summed E-state index contributed by atoms with van der Waals surface area (Å²) in [5.41, 5.74) is -0.236. The summed E-state index contributed by atoms with van der Waals surface area (Å²) in [5.74, 6) is 2.22. The van der Waals surface area contributed by atoms with E-state index in [9.17, 15) is 24.3 Å². The Morgan fingerprint density at radius 2 is 1.11 bits per heavy atom. The lowest BCUT2D eigenvalue weighted by molar-refractivity contribution is -0.210. The van der Waals surface area contributed by atoms with Crippen LogP contribution in [0.15, 0.2) is 97.1 Å². The molecule has 0 amide bonds. The van der Waals surface area contributed by atoms with Gasteiger partial charge in [0.05, 0.1) is 12.7 Å². The van der Waals surface area contributed by atoms with Gasteiger partial charge < -0.3 is 24.1 Å². The van der Waals surface area contributed by atoms with Crippen molar-refractivity contribution in [2.75, 3.05) is 6.61 Å². The fraction of sp³-hybridized carbons (Fsp3) is 0.533. The molecule has 4 aliphatic carbocycles. The van der Waals surface area contributed by atoms with E-state index in [0.717, 1.165) is 64.2 Å². The monoisotopic (exact) mass is 1010 g/mol. The van der Waals surface area contributed by atoms with Crippen molar-refractivity contribution in [3.8, 4) is 11.5 Å². The summed E-state index contributed by atoms with van der Waals surface area (Å²) in [5, 5.41) is 13.7. The second-order valence-electron chi connectivity index (χ2n) is 22.7. The van der Waals surface area contributed by atoms with E-state index in [4.69, 9.17) is 42.1 Å². The first kappa shape index (κ1) is 52.6. The van der Waals surface area contributed by atoms with Gasteiger partial charge >= 0.3 is 11.9 Å². The third-order valence-corrected chi connectivity index (χ3v) is 18.1. The van der Waals surface area contributed by atoms with E-state index in [0.29, 0.717) is 74.1 Å². The number of carbonyl (C=O) groups excluding carboxylic acids is 4. The van der Waals surface area contributed by atoms with Crippen LogP contribution < -0.4 is 9.47 Å². The molecule has 0 radical (unpaired) electrons. The van der Waals surface area contributed by atoms with Crippen LogP contribution in [0.4, 0.5) is 0 Å². The lowest BCUT2D eigenvalue weighted by atomic mass is 9.41. The predicted molar refractivity (Wildman–Crippen MR) is 277 cm³/mol. The third-order valence-electron chi connectivity index (χ3n) is 17.6. The number of benzene rings is 4. The number of carbonyl (C=O) groups is 4. The van der Waals surface area contributed by atoms with Crippen LogP contribution in [-0.2, 0) is 19.1 Å². The zero-order valence-corrected chi connectivity index (χ0v) is 44.2. The molecule has 1 N–H and O–H groups in total. The van der Waals surface area contributed by atoms with Gasteiger partial charge in [-0.05, 0) is 235 Å².